The van der Waals surface area contributed by atoms with Crippen molar-refractivity contribution in [2.45, 2.75) is 32.1 Å². The fourth-order valence-electron chi connectivity index (χ4n) is 3.71. The maximum absolute atomic E-state index is 12.9. The molecule has 0 N–H and O–H groups in total. The topological polar surface area (TPSA) is 59.1 Å². The second-order valence-electron chi connectivity index (χ2n) is 6.80. The third kappa shape index (κ3) is 3.75. The lowest BCUT2D eigenvalue weighted by molar-refractivity contribution is -0.135. The van der Waals surface area contributed by atoms with Crippen molar-refractivity contribution < 1.29 is 19.1 Å². The van der Waals surface area contributed by atoms with Crippen LogP contribution in [0.15, 0.2) is 12.1 Å². The number of hydrogen-bond donors (Lipinski definition) is 0. The van der Waals surface area contributed by atoms with Gasteiger partial charge in [0.25, 0.3) is 0 Å². The number of benzene rings is 1. The van der Waals surface area contributed by atoms with Crippen molar-refractivity contribution in [1.29, 1.82) is 0 Å². The van der Waals surface area contributed by atoms with Crippen LogP contribution in [0.25, 0.3) is 0 Å². The highest BCUT2D eigenvalue weighted by molar-refractivity contribution is 6.32. The molecule has 0 aromatic heterocycles. The Morgan fingerprint density at radius 3 is 2.35 bits per heavy atom. The van der Waals surface area contributed by atoms with Crippen molar-refractivity contribution in [2.24, 2.45) is 5.92 Å². The van der Waals surface area contributed by atoms with Crippen molar-refractivity contribution in [1.82, 2.24) is 4.90 Å². The Morgan fingerprint density at radius 1 is 1.08 bits per heavy atom. The van der Waals surface area contributed by atoms with Crippen LogP contribution in [0.1, 0.15) is 32.1 Å². The molecule has 2 aliphatic rings. The third-order valence-electron chi connectivity index (χ3n) is 5.14. The molecule has 1 aromatic carbocycles. The van der Waals surface area contributed by atoms with E-state index in [0.29, 0.717) is 28.8 Å². The molecule has 2 heterocycles. The van der Waals surface area contributed by atoms with Crippen LogP contribution in [0.4, 0.5) is 5.69 Å². The molecule has 1 unspecified atom stereocenters. The highest BCUT2D eigenvalue weighted by atomic mass is 35.5. The van der Waals surface area contributed by atoms with Gasteiger partial charge in [0, 0.05) is 38.2 Å². The van der Waals surface area contributed by atoms with Crippen LogP contribution in [-0.4, -0.2) is 50.6 Å². The van der Waals surface area contributed by atoms with Crippen molar-refractivity contribution in [3.63, 3.8) is 0 Å². The summed E-state index contributed by atoms with van der Waals surface area (Å²) in [6.45, 7) is 1.94. The second-order valence-corrected chi connectivity index (χ2v) is 7.21. The van der Waals surface area contributed by atoms with Gasteiger partial charge >= 0.3 is 0 Å². The maximum Gasteiger partial charge on any atom is 0.228 e. The quantitative estimate of drug-likeness (QED) is 0.805. The average molecular weight is 381 g/mol. The molecule has 6 nitrogen and oxygen atoms in total. The smallest absolute Gasteiger partial charge is 0.228 e. The van der Waals surface area contributed by atoms with E-state index in [0.717, 1.165) is 25.9 Å². The summed E-state index contributed by atoms with van der Waals surface area (Å²) in [6, 6.07) is 3.32. The van der Waals surface area contributed by atoms with Crippen LogP contribution >= 0.6 is 11.6 Å². The number of amides is 2. The zero-order valence-corrected chi connectivity index (χ0v) is 16.1. The molecular weight excluding hydrogens is 356 g/mol. The van der Waals surface area contributed by atoms with Gasteiger partial charge < -0.3 is 19.3 Å². The van der Waals surface area contributed by atoms with E-state index in [4.69, 9.17) is 21.1 Å². The van der Waals surface area contributed by atoms with E-state index >= 15 is 0 Å². The molecule has 2 aliphatic heterocycles. The molecule has 0 aliphatic carbocycles. The first kappa shape index (κ1) is 18.8. The predicted octanol–water partition coefficient (Wildman–Crippen LogP) is 3.11. The van der Waals surface area contributed by atoms with Gasteiger partial charge in [-0.05, 0) is 12.8 Å². The summed E-state index contributed by atoms with van der Waals surface area (Å²) in [5.74, 6) is 0.653. The van der Waals surface area contributed by atoms with Gasteiger partial charge in [0.2, 0.25) is 11.8 Å². The number of anilines is 1. The zero-order chi connectivity index (χ0) is 18.7. The van der Waals surface area contributed by atoms with E-state index in [1.165, 1.54) is 27.1 Å². The van der Waals surface area contributed by atoms with E-state index in [9.17, 15) is 9.59 Å². The molecule has 7 heteroatoms. The first-order valence-corrected chi connectivity index (χ1v) is 9.43. The van der Waals surface area contributed by atoms with Gasteiger partial charge in [-0.2, -0.15) is 0 Å². The van der Waals surface area contributed by atoms with Gasteiger partial charge in [0.1, 0.15) is 11.5 Å². The third-order valence-corrected chi connectivity index (χ3v) is 5.43. The lowest BCUT2D eigenvalue weighted by Crippen LogP contribution is -2.38. The van der Waals surface area contributed by atoms with Crippen molar-refractivity contribution in [3.8, 4) is 11.5 Å². The molecule has 2 fully saturated rings. The molecule has 0 bridgehead atoms. The molecule has 2 saturated heterocycles. The SMILES string of the molecule is COc1cc(N2CC(C(=O)N3CCCCCC3)CC2=O)c(OC)cc1Cl. The molecule has 0 spiro atoms. The Bertz CT molecular complexity index is 686. The summed E-state index contributed by atoms with van der Waals surface area (Å²) >= 11 is 6.15. The molecule has 142 valence electrons. The van der Waals surface area contributed by atoms with E-state index in [1.807, 2.05) is 4.90 Å². The van der Waals surface area contributed by atoms with Crippen molar-refractivity contribution in [2.75, 3.05) is 38.8 Å². The number of nitrogens with zero attached hydrogens (tertiary/aromatic N) is 2. The van der Waals surface area contributed by atoms with Crippen LogP contribution < -0.4 is 14.4 Å². The number of halogens is 1. The Morgan fingerprint density at radius 2 is 1.73 bits per heavy atom. The number of carbonyl (C=O) groups excluding carboxylic acids is 2. The van der Waals surface area contributed by atoms with Crippen molar-refractivity contribution >= 4 is 29.1 Å². The number of methoxy groups -OCH3 is 2. The molecule has 1 atom stereocenters. The fraction of sp³-hybridized carbons (Fsp3) is 0.579. The van der Waals surface area contributed by atoms with Gasteiger partial charge in [0.05, 0.1) is 30.8 Å². The number of likely N-dealkylation sites (tertiary alicyclic amines) is 1. The number of ether oxygens (including phenoxy) is 2. The van der Waals surface area contributed by atoms with Gasteiger partial charge in [0.15, 0.2) is 0 Å². The largest absolute Gasteiger partial charge is 0.495 e. The minimum Gasteiger partial charge on any atom is -0.495 e. The first-order valence-electron chi connectivity index (χ1n) is 9.05. The summed E-state index contributed by atoms with van der Waals surface area (Å²) in [5, 5.41) is 0.414. The van der Waals surface area contributed by atoms with E-state index in [1.54, 1.807) is 17.0 Å². The Hall–Kier alpha value is -1.95. The summed E-state index contributed by atoms with van der Waals surface area (Å²) in [7, 11) is 3.05. The molecule has 0 saturated carbocycles. The van der Waals surface area contributed by atoms with Crippen LogP contribution in [0.2, 0.25) is 5.02 Å². The van der Waals surface area contributed by atoms with Crippen LogP contribution in [0.5, 0.6) is 11.5 Å². The maximum atomic E-state index is 12.9. The Kier molecular flexibility index (Phi) is 5.91. The van der Waals surface area contributed by atoms with Crippen LogP contribution in [-0.2, 0) is 9.59 Å². The fourth-order valence-corrected chi connectivity index (χ4v) is 3.94. The Labute approximate surface area is 159 Å². The van der Waals surface area contributed by atoms with Gasteiger partial charge in [-0.25, -0.2) is 0 Å². The van der Waals surface area contributed by atoms with Gasteiger partial charge in [-0.15, -0.1) is 0 Å². The number of hydrogen-bond acceptors (Lipinski definition) is 4. The predicted molar refractivity (Wildman–Crippen MR) is 100 cm³/mol. The van der Waals surface area contributed by atoms with Crippen LogP contribution in [0, 0.1) is 5.92 Å². The first-order chi connectivity index (χ1) is 12.5. The van der Waals surface area contributed by atoms with E-state index < -0.39 is 0 Å². The molecule has 2 amide bonds. The lowest BCUT2D eigenvalue weighted by atomic mass is 10.1. The molecule has 0 radical (unpaired) electrons. The van der Waals surface area contributed by atoms with Gasteiger partial charge in [-0.3, -0.25) is 9.59 Å². The average Bonchev–Trinajstić information content (AvgIpc) is 2.85. The monoisotopic (exact) mass is 380 g/mol. The Balaban J connectivity index is 1.80. The summed E-state index contributed by atoms with van der Waals surface area (Å²) in [5.41, 5.74) is 0.588. The molecule has 3 rings (SSSR count). The second kappa shape index (κ2) is 8.16. The van der Waals surface area contributed by atoms with E-state index in [2.05, 4.69) is 0 Å². The van der Waals surface area contributed by atoms with Crippen molar-refractivity contribution in [3.05, 3.63) is 17.2 Å². The summed E-state index contributed by atoms with van der Waals surface area (Å²) in [4.78, 5) is 29.0. The highest BCUT2D eigenvalue weighted by Gasteiger charge is 2.38. The summed E-state index contributed by atoms with van der Waals surface area (Å²) in [6.07, 6.45) is 4.64. The molecular formula is C19H25ClN2O4. The normalized spacial score (nSPS) is 20.9. The minimum atomic E-state index is -0.313. The summed E-state index contributed by atoms with van der Waals surface area (Å²) < 4.78 is 10.6. The standard InChI is InChI=1S/C19H25ClN2O4/c1-25-16-11-15(17(26-2)10-14(16)20)22-12-13(9-18(22)23)19(24)21-7-5-3-4-6-8-21/h10-11,13H,3-9,12H2,1-2H3. The lowest BCUT2D eigenvalue weighted by Gasteiger charge is -2.24. The molecule has 26 heavy (non-hydrogen) atoms. The van der Waals surface area contributed by atoms with Gasteiger partial charge in [-0.1, -0.05) is 24.4 Å². The number of rotatable bonds is 4. The van der Waals surface area contributed by atoms with E-state index in [-0.39, 0.29) is 24.2 Å². The minimum absolute atomic E-state index is 0.0825. The highest BCUT2D eigenvalue weighted by Crippen LogP contribution is 2.40. The number of carbonyl (C=O) groups is 2. The molecule has 1 aromatic rings. The zero-order valence-electron chi connectivity index (χ0n) is 15.3. The van der Waals surface area contributed by atoms with Crippen LogP contribution in [0.3, 0.4) is 0 Å².